The molecule has 206 valence electrons. The molecular formula is C29H33FN4O5. The van der Waals surface area contributed by atoms with Crippen LogP contribution < -0.4 is 15.1 Å². The van der Waals surface area contributed by atoms with E-state index < -0.39 is 23.0 Å². The van der Waals surface area contributed by atoms with Gasteiger partial charge in [-0.1, -0.05) is 0 Å². The molecule has 1 spiro atoms. The van der Waals surface area contributed by atoms with E-state index in [4.69, 9.17) is 9.47 Å². The van der Waals surface area contributed by atoms with Gasteiger partial charge < -0.3 is 24.0 Å². The number of piperazine rings is 1. The SMILES string of the molecule is CCn1cc(C(=O)O)c(=O)c2cc(F)c(N3CCN(Cc4cnc(C)c5c4COC4(CCCC4)O5)CC3)cc21. The highest BCUT2D eigenvalue weighted by molar-refractivity contribution is 5.93. The molecule has 0 bridgehead atoms. The Labute approximate surface area is 225 Å². The van der Waals surface area contributed by atoms with Gasteiger partial charge in [-0.3, -0.25) is 14.7 Å². The standard InChI is InChI=1S/C29H33FN4O5/c1-3-33-16-21(28(36)37)26(35)20-12-23(30)25(13-24(20)33)34-10-8-32(9-11-34)15-19-14-31-18(2)27-22(19)17-38-29(39-27)6-4-5-7-29/h12-14,16H,3-11,15,17H2,1-2H3,(H,36,37). The molecule has 0 amide bonds. The van der Waals surface area contributed by atoms with Gasteiger partial charge in [0, 0.05) is 75.5 Å². The highest BCUT2D eigenvalue weighted by Gasteiger charge is 2.42. The highest BCUT2D eigenvalue weighted by atomic mass is 19.1. The zero-order chi connectivity index (χ0) is 27.3. The van der Waals surface area contributed by atoms with E-state index in [1.165, 1.54) is 12.3 Å². The number of benzene rings is 1. The molecule has 1 N–H and O–H groups in total. The van der Waals surface area contributed by atoms with Crippen molar-refractivity contribution in [3.05, 3.63) is 63.0 Å². The largest absolute Gasteiger partial charge is 0.477 e. The fraction of sp³-hybridized carbons (Fsp3) is 0.483. The lowest BCUT2D eigenvalue weighted by Gasteiger charge is -2.38. The minimum atomic E-state index is -1.31. The number of carboxylic acids is 1. The Morgan fingerprint density at radius 2 is 1.92 bits per heavy atom. The molecule has 3 aliphatic rings. The van der Waals surface area contributed by atoms with Crippen LogP contribution in [0.3, 0.4) is 0 Å². The van der Waals surface area contributed by atoms with Crippen molar-refractivity contribution >= 4 is 22.6 Å². The highest BCUT2D eigenvalue weighted by Crippen LogP contribution is 2.43. The van der Waals surface area contributed by atoms with Crippen molar-refractivity contribution in [2.24, 2.45) is 0 Å². The molecule has 39 heavy (non-hydrogen) atoms. The van der Waals surface area contributed by atoms with E-state index in [1.54, 1.807) is 10.6 Å². The van der Waals surface area contributed by atoms with Crippen LogP contribution in [-0.2, 0) is 24.4 Å². The van der Waals surface area contributed by atoms with Crippen molar-refractivity contribution in [2.45, 2.75) is 65.0 Å². The summed E-state index contributed by atoms with van der Waals surface area (Å²) in [6.07, 6.45) is 7.31. The van der Waals surface area contributed by atoms with Crippen LogP contribution >= 0.6 is 0 Å². The van der Waals surface area contributed by atoms with Gasteiger partial charge in [0.2, 0.25) is 11.2 Å². The second-order valence-electron chi connectivity index (χ2n) is 10.7. The Kier molecular flexibility index (Phi) is 6.55. The molecule has 2 fully saturated rings. The second-order valence-corrected chi connectivity index (χ2v) is 10.7. The Hall–Kier alpha value is -3.50. The molecule has 1 saturated carbocycles. The number of nitrogens with zero attached hydrogens (tertiary/aromatic N) is 4. The molecule has 2 aromatic heterocycles. The Balaban J connectivity index is 1.20. The predicted molar refractivity (Wildman–Crippen MR) is 144 cm³/mol. The minimum absolute atomic E-state index is 0.0807. The predicted octanol–water partition coefficient (Wildman–Crippen LogP) is 4.06. The maximum Gasteiger partial charge on any atom is 0.341 e. The van der Waals surface area contributed by atoms with Crippen LogP contribution in [0.4, 0.5) is 10.1 Å². The lowest BCUT2D eigenvalue weighted by molar-refractivity contribution is -0.201. The molecule has 1 aliphatic carbocycles. The minimum Gasteiger partial charge on any atom is -0.477 e. The van der Waals surface area contributed by atoms with Crippen LogP contribution in [0.25, 0.3) is 10.9 Å². The Morgan fingerprint density at radius 1 is 1.18 bits per heavy atom. The number of carboxylic acid groups (broad SMARTS) is 1. The number of halogens is 1. The molecule has 0 radical (unpaired) electrons. The summed E-state index contributed by atoms with van der Waals surface area (Å²) >= 11 is 0. The summed E-state index contributed by atoms with van der Waals surface area (Å²) in [6, 6.07) is 2.85. The van der Waals surface area contributed by atoms with Crippen molar-refractivity contribution < 1.29 is 23.8 Å². The normalized spacial score (nSPS) is 18.9. The van der Waals surface area contributed by atoms with Crippen LogP contribution in [0.5, 0.6) is 5.75 Å². The quantitative estimate of drug-likeness (QED) is 0.522. The molecule has 4 heterocycles. The van der Waals surface area contributed by atoms with Gasteiger partial charge in [0.05, 0.1) is 23.5 Å². The monoisotopic (exact) mass is 536 g/mol. The van der Waals surface area contributed by atoms with Gasteiger partial charge >= 0.3 is 5.97 Å². The van der Waals surface area contributed by atoms with Crippen LogP contribution in [0.1, 0.15) is 59.8 Å². The lowest BCUT2D eigenvalue weighted by atomic mass is 10.0. The fourth-order valence-corrected chi connectivity index (χ4v) is 6.13. The maximum absolute atomic E-state index is 15.3. The molecular weight excluding hydrogens is 503 g/mol. The van der Waals surface area contributed by atoms with Crippen LogP contribution in [-0.4, -0.2) is 57.5 Å². The third kappa shape index (κ3) is 4.55. The van der Waals surface area contributed by atoms with E-state index in [0.717, 1.165) is 61.3 Å². The molecule has 3 aromatic rings. The Morgan fingerprint density at radius 3 is 2.62 bits per heavy atom. The summed E-state index contributed by atoms with van der Waals surface area (Å²) in [5, 5.41) is 9.47. The van der Waals surface area contributed by atoms with Gasteiger partial charge in [0.1, 0.15) is 17.1 Å². The van der Waals surface area contributed by atoms with Gasteiger partial charge in [-0.25, -0.2) is 9.18 Å². The molecule has 10 heteroatoms. The number of carbonyl (C=O) groups is 1. The third-order valence-electron chi connectivity index (χ3n) is 8.36. The molecule has 2 aliphatic heterocycles. The number of anilines is 1. The van der Waals surface area contributed by atoms with Crippen LogP contribution in [0.2, 0.25) is 0 Å². The topological polar surface area (TPSA) is 97.1 Å². The van der Waals surface area contributed by atoms with Gasteiger partial charge in [0.15, 0.2) is 0 Å². The van der Waals surface area contributed by atoms with Crippen LogP contribution in [0.15, 0.2) is 29.3 Å². The maximum atomic E-state index is 15.3. The number of aromatic nitrogens is 2. The summed E-state index contributed by atoms with van der Waals surface area (Å²) in [5.41, 5.74) is 2.98. The lowest BCUT2D eigenvalue weighted by Crippen LogP contribution is -2.46. The first-order valence-corrected chi connectivity index (χ1v) is 13.7. The number of rotatable bonds is 5. The third-order valence-corrected chi connectivity index (χ3v) is 8.36. The number of hydrogen-bond donors (Lipinski definition) is 1. The number of ether oxygens (including phenoxy) is 2. The number of aromatic carboxylic acids is 1. The fourth-order valence-electron chi connectivity index (χ4n) is 6.13. The zero-order valence-corrected chi connectivity index (χ0v) is 22.3. The first kappa shape index (κ1) is 25.8. The molecule has 9 nitrogen and oxygen atoms in total. The zero-order valence-electron chi connectivity index (χ0n) is 22.3. The average molecular weight is 537 g/mol. The summed E-state index contributed by atoms with van der Waals surface area (Å²) in [5.74, 6) is -1.47. The Bertz CT molecular complexity index is 1510. The van der Waals surface area contributed by atoms with E-state index in [1.807, 2.05) is 24.9 Å². The summed E-state index contributed by atoms with van der Waals surface area (Å²) in [6.45, 7) is 8.21. The summed E-state index contributed by atoms with van der Waals surface area (Å²) in [4.78, 5) is 33.1. The van der Waals surface area contributed by atoms with Gasteiger partial charge in [0.25, 0.3) is 0 Å². The van der Waals surface area contributed by atoms with Crippen molar-refractivity contribution in [1.29, 1.82) is 0 Å². The van der Waals surface area contributed by atoms with Crippen LogP contribution in [0, 0.1) is 12.7 Å². The molecule has 0 atom stereocenters. The van der Waals surface area contributed by atoms with Crippen molar-refractivity contribution in [3.8, 4) is 5.75 Å². The summed E-state index contributed by atoms with van der Waals surface area (Å²) in [7, 11) is 0. The van der Waals surface area contributed by atoms with Crippen molar-refractivity contribution in [1.82, 2.24) is 14.5 Å². The van der Waals surface area contributed by atoms with E-state index in [0.29, 0.717) is 44.0 Å². The number of fused-ring (bicyclic) bond motifs is 2. The van der Waals surface area contributed by atoms with Gasteiger partial charge in [-0.2, -0.15) is 0 Å². The van der Waals surface area contributed by atoms with E-state index in [9.17, 15) is 14.7 Å². The average Bonchev–Trinajstić information content (AvgIpc) is 3.38. The van der Waals surface area contributed by atoms with Crippen molar-refractivity contribution in [3.63, 3.8) is 0 Å². The van der Waals surface area contributed by atoms with E-state index >= 15 is 4.39 Å². The smallest absolute Gasteiger partial charge is 0.341 e. The second kappa shape index (κ2) is 9.91. The van der Waals surface area contributed by atoms with Gasteiger partial charge in [-0.05, 0) is 44.4 Å². The van der Waals surface area contributed by atoms with Gasteiger partial charge in [-0.15, -0.1) is 0 Å². The number of aryl methyl sites for hydroxylation is 2. The molecule has 0 unspecified atom stereocenters. The first-order valence-electron chi connectivity index (χ1n) is 13.7. The molecule has 1 aromatic carbocycles. The van der Waals surface area contributed by atoms with Crippen molar-refractivity contribution in [2.75, 3.05) is 31.1 Å². The van der Waals surface area contributed by atoms with E-state index in [2.05, 4.69) is 9.88 Å². The molecule has 6 rings (SSSR count). The summed E-state index contributed by atoms with van der Waals surface area (Å²) < 4.78 is 29.6. The first-order chi connectivity index (χ1) is 18.8. The number of pyridine rings is 2. The number of hydrogen-bond acceptors (Lipinski definition) is 7. The molecule has 1 saturated heterocycles. The van der Waals surface area contributed by atoms with E-state index in [-0.39, 0.29) is 10.9 Å².